The number of carbonyl (C=O) groups is 1. The van der Waals surface area contributed by atoms with E-state index in [0.717, 1.165) is 28.5 Å². The topological polar surface area (TPSA) is 106 Å². The van der Waals surface area contributed by atoms with Crippen LogP contribution in [0.15, 0.2) is 52.5 Å². The number of nitrogens with one attached hydrogen (secondary N) is 1. The molecule has 0 bridgehead atoms. The molecule has 1 N–H and O–H groups in total. The number of aryl methyl sites for hydroxylation is 1. The molecule has 2 heterocycles. The van der Waals surface area contributed by atoms with Crippen LogP contribution in [-0.4, -0.2) is 55.5 Å². The van der Waals surface area contributed by atoms with Crippen LogP contribution < -0.4 is 14.4 Å². The zero-order valence-electron chi connectivity index (χ0n) is 17.9. The number of benzene rings is 2. The number of fused-ring (bicyclic) bond motifs is 1. The molecule has 1 amide bonds. The van der Waals surface area contributed by atoms with E-state index in [1.54, 1.807) is 24.1 Å². The standard InChI is InChI=1S/C21H23N5O4S2/c1-14-23-24-21(26(14)16-4-6-17(30-3)7-5-16)31-13-20(27)25-11-10-15-12-18(8-9-19(15)25)32(28,29)22-2/h4-9,12,22H,10-11,13H2,1-3H3. The van der Waals surface area contributed by atoms with Gasteiger partial charge in [-0.1, -0.05) is 11.8 Å². The number of anilines is 1. The molecule has 4 rings (SSSR count). The van der Waals surface area contributed by atoms with Gasteiger partial charge in [-0.2, -0.15) is 0 Å². The maximum atomic E-state index is 13.0. The monoisotopic (exact) mass is 473 g/mol. The van der Waals surface area contributed by atoms with Gasteiger partial charge >= 0.3 is 0 Å². The smallest absolute Gasteiger partial charge is 0.240 e. The minimum atomic E-state index is -3.52. The Balaban J connectivity index is 1.49. The Morgan fingerprint density at radius 2 is 1.94 bits per heavy atom. The highest BCUT2D eigenvalue weighted by molar-refractivity contribution is 7.99. The summed E-state index contributed by atoms with van der Waals surface area (Å²) in [7, 11) is -0.530. The molecule has 0 saturated carbocycles. The van der Waals surface area contributed by atoms with Crippen LogP contribution in [0.5, 0.6) is 5.75 Å². The lowest BCUT2D eigenvalue weighted by Crippen LogP contribution is -2.30. The number of nitrogens with zero attached hydrogens (tertiary/aromatic N) is 4. The van der Waals surface area contributed by atoms with Crippen molar-refractivity contribution in [1.29, 1.82) is 0 Å². The van der Waals surface area contributed by atoms with Gasteiger partial charge in [-0.25, -0.2) is 13.1 Å². The Labute approximate surface area is 190 Å². The van der Waals surface area contributed by atoms with E-state index in [4.69, 9.17) is 4.74 Å². The second-order valence-corrected chi connectivity index (χ2v) is 9.97. The predicted molar refractivity (Wildman–Crippen MR) is 122 cm³/mol. The van der Waals surface area contributed by atoms with E-state index < -0.39 is 10.0 Å². The summed E-state index contributed by atoms with van der Waals surface area (Å²) in [5.74, 6) is 1.58. The maximum Gasteiger partial charge on any atom is 0.240 e. The molecule has 1 aliphatic heterocycles. The minimum absolute atomic E-state index is 0.0695. The van der Waals surface area contributed by atoms with Gasteiger partial charge in [0.25, 0.3) is 0 Å². The first-order valence-corrected chi connectivity index (χ1v) is 12.4. The zero-order valence-corrected chi connectivity index (χ0v) is 19.5. The fourth-order valence-corrected chi connectivity index (χ4v) is 5.25. The van der Waals surface area contributed by atoms with Gasteiger partial charge in [-0.05, 0) is 68.4 Å². The number of hydrogen-bond donors (Lipinski definition) is 1. The van der Waals surface area contributed by atoms with Gasteiger partial charge in [-0.15, -0.1) is 10.2 Å². The van der Waals surface area contributed by atoms with E-state index in [9.17, 15) is 13.2 Å². The molecular formula is C21H23N5O4S2. The molecule has 0 aliphatic carbocycles. The molecule has 0 atom stereocenters. The van der Waals surface area contributed by atoms with Gasteiger partial charge in [-0.3, -0.25) is 9.36 Å². The predicted octanol–water partition coefficient (Wildman–Crippen LogP) is 2.17. The molecule has 3 aromatic rings. The second kappa shape index (κ2) is 8.93. The Kier molecular flexibility index (Phi) is 6.22. The highest BCUT2D eigenvalue weighted by atomic mass is 32.2. The van der Waals surface area contributed by atoms with Crippen molar-refractivity contribution in [2.75, 3.05) is 31.4 Å². The third-order valence-corrected chi connectivity index (χ3v) is 7.60. The van der Waals surface area contributed by atoms with Crippen molar-refractivity contribution < 1.29 is 17.9 Å². The number of methoxy groups -OCH3 is 1. The molecule has 0 spiro atoms. The van der Waals surface area contributed by atoms with Crippen LogP contribution in [0.1, 0.15) is 11.4 Å². The normalized spacial score (nSPS) is 13.3. The van der Waals surface area contributed by atoms with E-state index >= 15 is 0 Å². The summed E-state index contributed by atoms with van der Waals surface area (Å²) in [6, 6.07) is 12.4. The van der Waals surface area contributed by atoms with Gasteiger partial charge < -0.3 is 9.64 Å². The molecule has 0 fully saturated rings. The first-order chi connectivity index (χ1) is 15.3. The molecular weight excluding hydrogens is 450 g/mol. The zero-order chi connectivity index (χ0) is 22.9. The lowest BCUT2D eigenvalue weighted by atomic mass is 10.2. The molecule has 2 aromatic carbocycles. The first kappa shape index (κ1) is 22.3. The lowest BCUT2D eigenvalue weighted by molar-refractivity contribution is -0.116. The first-order valence-electron chi connectivity index (χ1n) is 9.90. The van der Waals surface area contributed by atoms with E-state index in [-0.39, 0.29) is 16.6 Å². The van der Waals surface area contributed by atoms with Crippen LogP contribution in [0.2, 0.25) is 0 Å². The summed E-state index contributed by atoms with van der Waals surface area (Å²) in [6.45, 7) is 2.37. The Hall–Kier alpha value is -2.89. The molecule has 168 valence electrons. The van der Waals surface area contributed by atoms with Crippen LogP contribution in [-0.2, 0) is 21.2 Å². The van der Waals surface area contributed by atoms with E-state index in [1.807, 2.05) is 35.8 Å². The number of amides is 1. The Morgan fingerprint density at radius 3 is 2.62 bits per heavy atom. The fourth-order valence-electron chi connectivity index (χ4n) is 3.59. The van der Waals surface area contributed by atoms with Gasteiger partial charge in [0, 0.05) is 17.9 Å². The Morgan fingerprint density at radius 1 is 1.19 bits per heavy atom. The highest BCUT2D eigenvalue weighted by Crippen LogP contribution is 2.31. The fraction of sp³-hybridized carbons (Fsp3) is 0.286. The number of carbonyl (C=O) groups excluding carboxylic acids is 1. The van der Waals surface area contributed by atoms with Crippen molar-refractivity contribution in [2.45, 2.75) is 23.4 Å². The summed E-state index contributed by atoms with van der Waals surface area (Å²) >= 11 is 1.31. The quantitative estimate of drug-likeness (QED) is 0.524. The van der Waals surface area contributed by atoms with Crippen molar-refractivity contribution >= 4 is 33.4 Å². The average molecular weight is 474 g/mol. The Bertz CT molecular complexity index is 1260. The van der Waals surface area contributed by atoms with Crippen molar-refractivity contribution in [3.8, 4) is 11.4 Å². The van der Waals surface area contributed by atoms with Crippen LogP contribution in [0.4, 0.5) is 5.69 Å². The molecule has 0 unspecified atom stereocenters. The highest BCUT2D eigenvalue weighted by Gasteiger charge is 2.27. The van der Waals surface area contributed by atoms with E-state index in [0.29, 0.717) is 18.1 Å². The number of rotatable bonds is 7. The van der Waals surface area contributed by atoms with E-state index in [2.05, 4.69) is 14.9 Å². The average Bonchev–Trinajstić information content (AvgIpc) is 3.40. The number of sulfonamides is 1. The van der Waals surface area contributed by atoms with Gasteiger partial charge in [0.05, 0.1) is 17.8 Å². The molecule has 0 radical (unpaired) electrons. The molecule has 1 aliphatic rings. The van der Waals surface area contributed by atoms with Gasteiger partial charge in [0.2, 0.25) is 15.9 Å². The number of aromatic nitrogens is 3. The van der Waals surface area contributed by atoms with Crippen LogP contribution in [0.25, 0.3) is 5.69 Å². The molecule has 0 saturated heterocycles. The van der Waals surface area contributed by atoms with Gasteiger partial charge in [0.1, 0.15) is 11.6 Å². The lowest BCUT2D eigenvalue weighted by Gasteiger charge is -2.17. The van der Waals surface area contributed by atoms with Crippen LogP contribution >= 0.6 is 11.8 Å². The largest absolute Gasteiger partial charge is 0.497 e. The SMILES string of the molecule is CNS(=O)(=O)c1ccc2c(c1)CCN2C(=O)CSc1nnc(C)n1-c1ccc(OC)cc1. The number of thioether (sulfide) groups is 1. The summed E-state index contributed by atoms with van der Waals surface area (Å²) in [6.07, 6.45) is 0.611. The molecule has 11 heteroatoms. The number of ether oxygens (including phenoxy) is 1. The van der Waals surface area contributed by atoms with Crippen molar-refractivity contribution in [3.63, 3.8) is 0 Å². The maximum absolute atomic E-state index is 13.0. The minimum Gasteiger partial charge on any atom is -0.497 e. The summed E-state index contributed by atoms with van der Waals surface area (Å²) < 4.78 is 33.5. The van der Waals surface area contributed by atoms with Crippen molar-refractivity contribution in [3.05, 3.63) is 53.9 Å². The van der Waals surface area contributed by atoms with Crippen molar-refractivity contribution in [2.24, 2.45) is 0 Å². The summed E-state index contributed by atoms with van der Waals surface area (Å²) in [4.78, 5) is 14.9. The van der Waals surface area contributed by atoms with Crippen LogP contribution in [0.3, 0.4) is 0 Å². The third-order valence-electron chi connectivity index (χ3n) is 5.28. The molecule has 1 aromatic heterocycles. The third kappa shape index (κ3) is 4.23. The number of hydrogen-bond acceptors (Lipinski definition) is 7. The second-order valence-electron chi connectivity index (χ2n) is 7.15. The summed E-state index contributed by atoms with van der Waals surface area (Å²) in [5, 5.41) is 9.01. The van der Waals surface area contributed by atoms with Crippen LogP contribution in [0, 0.1) is 6.92 Å². The van der Waals surface area contributed by atoms with Crippen molar-refractivity contribution in [1.82, 2.24) is 19.5 Å². The van der Waals surface area contributed by atoms with Gasteiger partial charge in [0.15, 0.2) is 5.16 Å². The molecule has 32 heavy (non-hydrogen) atoms. The van der Waals surface area contributed by atoms with E-state index in [1.165, 1.54) is 24.9 Å². The summed E-state index contributed by atoms with van der Waals surface area (Å²) in [5.41, 5.74) is 2.48. The molecule has 9 nitrogen and oxygen atoms in total.